The number of hydrogen-bond donors (Lipinski definition) is 3. The molecule has 6 nitrogen and oxygen atoms in total. The number of aromatic hydroxyl groups is 1. The zero-order valence-electron chi connectivity index (χ0n) is 17.4. The van der Waals surface area contributed by atoms with Gasteiger partial charge in [-0.2, -0.15) is 0 Å². The molecule has 0 aromatic heterocycles. The molecule has 1 saturated heterocycles. The molecule has 0 amide bonds. The third kappa shape index (κ3) is 5.79. The van der Waals surface area contributed by atoms with Gasteiger partial charge >= 0.3 is 0 Å². The number of hydrogen-bond acceptors (Lipinski definition) is 4. The number of piperidine rings is 1. The lowest BCUT2D eigenvalue weighted by molar-refractivity contribution is 0.370. The first-order valence-corrected chi connectivity index (χ1v) is 10.4. The molecule has 1 aliphatic rings. The van der Waals surface area contributed by atoms with Crippen molar-refractivity contribution in [2.75, 3.05) is 38.2 Å². The lowest BCUT2D eigenvalue weighted by atomic mass is 10.1. The molecule has 2 aromatic carbocycles. The minimum absolute atomic E-state index is 0.203. The van der Waals surface area contributed by atoms with E-state index in [1.54, 1.807) is 13.2 Å². The number of rotatable bonds is 7. The Morgan fingerprint density at radius 3 is 2.79 bits per heavy atom. The minimum Gasteiger partial charge on any atom is -0.504 e. The van der Waals surface area contributed by atoms with E-state index in [0.717, 1.165) is 44.0 Å². The fourth-order valence-corrected chi connectivity index (χ4v) is 3.70. The predicted molar refractivity (Wildman–Crippen MR) is 119 cm³/mol. The van der Waals surface area contributed by atoms with Gasteiger partial charge in [-0.25, -0.2) is 0 Å². The van der Waals surface area contributed by atoms with Crippen molar-refractivity contribution in [2.45, 2.75) is 32.2 Å². The van der Waals surface area contributed by atoms with Gasteiger partial charge in [0.25, 0.3) is 0 Å². The van der Waals surface area contributed by atoms with Crippen LogP contribution < -0.4 is 20.3 Å². The van der Waals surface area contributed by atoms with Crippen molar-refractivity contribution >= 4 is 11.6 Å². The van der Waals surface area contributed by atoms with E-state index >= 15 is 0 Å². The van der Waals surface area contributed by atoms with Gasteiger partial charge in [0.05, 0.1) is 7.11 Å². The van der Waals surface area contributed by atoms with E-state index in [1.165, 1.54) is 5.69 Å². The Labute approximate surface area is 173 Å². The summed E-state index contributed by atoms with van der Waals surface area (Å²) in [6, 6.07) is 16.5. The second kappa shape index (κ2) is 10.6. The van der Waals surface area contributed by atoms with Crippen LogP contribution in [-0.4, -0.2) is 50.4 Å². The van der Waals surface area contributed by atoms with Gasteiger partial charge in [-0.15, -0.1) is 0 Å². The van der Waals surface area contributed by atoms with Crippen molar-refractivity contribution in [1.29, 1.82) is 0 Å². The number of phenols is 1. The number of para-hydroxylation sites is 2. The summed E-state index contributed by atoms with van der Waals surface area (Å²) in [5.74, 6) is 1.53. The number of aliphatic imine (C=N–C) groups is 1. The van der Waals surface area contributed by atoms with Gasteiger partial charge in [-0.3, -0.25) is 4.99 Å². The third-order valence-electron chi connectivity index (χ3n) is 5.18. The zero-order chi connectivity index (χ0) is 20.5. The first-order chi connectivity index (χ1) is 14.2. The molecule has 1 atom stereocenters. The van der Waals surface area contributed by atoms with Crippen LogP contribution in [0.5, 0.6) is 11.5 Å². The lowest BCUT2D eigenvalue weighted by Crippen LogP contribution is -2.51. The number of phenolic OH excluding ortho intramolecular Hbond substituents is 1. The summed E-state index contributed by atoms with van der Waals surface area (Å²) in [7, 11) is 1.56. The summed E-state index contributed by atoms with van der Waals surface area (Å²) in [6.45, 7) is 5.52. The van der Waals surface area contributed by atoms with Crippen molar-refractivity contribution in [2.24, 2.45) is 4.99 Å². The highest BCUT2D eigenvalue weighted by molar-refractivity contribution is 5.80. The first kappa shape index (κ1) is 20.8. The maximum Gasteiger partial charge on any atom is 0.191 e. The van der Waals surface area contributed by atoms with Gasteiger partial charge in [-0.1, -0.05) is 30.3 Å². The van der Waals surface area contributed by atoms with Crippen LogP contribution >= 0.6 is 0 Å². The van der Waals surface area contributed by atoms with E-state index < -0.39 is 0 Å². The quantitative estimate of drug-likeness (QED) is 0.495. The average molecular weight is 397 g/mol. The average Bonchev–Trinajstić information content (AvgIpc) is 2.76. The third-order valence-corrected chi connectivity index (χ3v) is 5.18. The molecule has 1 unspecified atom stereocenters. The predicted octanol–water partition coefficient (Wildman–Crippen LogP) is 3.17. The Morgan fingerprint density at radius 2 is 2.03 bits per heavy atom. The molecule has 156 valence electrons. The van der Waals surface area contributed by atoms with Crippen LogP contribution in [-0.2, 0) is 6.42 Å². The van der Waals surface area contributed by atoms with E-state index in [-0.39, 0.29) is 5.75 Å². The van der Waals surface area contributed by atoms with Crippen LogP contribution in [0.3, 0.4) is 0 Å². The molecule has 6 heteroatoms. The van der Waals surface area contributed by atoms with Crippen LogP contribution in [0.2, 0.25) is 0 Å². The maximum atomic E-state index is 10.2. The smallest absolute Gasteiger partial charge is 0.191 e. The fourth-order valence-electron chi connectivity index (χ4n) is 3.70. The summed E-state index contributed by atoms with van der Waals surface area (Å²) in [4.78, 5) is 7.15. The molecule has 1 heterocycles. The maximum absolute atomic E-state index is 10.2. The van der Waals surface area contributed by atoms with E-state index in [1.807, 2.05) is 12.1 Å². The molecular formula is C23H32N4O2. The Balaban J connectivity index is 1.59. The molecule has 0 bridgehead atoms. The summed E-state index contributed by atoms with van der Waals surface area (Å²) in [5.41, 5.74) is 2.12. The minimum atomic E-state index is 0.203. The Hall–Kier alpha value is -2.89. The van der Waals surface area contributed by atoms with E-state index in [9.17, 15) is 5.11 Å². The standard InChI is InChI=1S/C23H32N4O2/c1-3-24-23(25-15-14-18-9-7-13-21(29-2)22(18)28)26-19-10-8-16-27(17-19)20-11-5-4-6-12-20/h4-7,9,11-13,19,28H,3,8,10,14-17H2,1-2H3,(H2,24,25,26). The zero-order valence-corrected chi connectivity index (χ0v) is 17.4. The topological polar surface area (TPSA) is 69.1 Å². The number of benzene rings is 2. The van der Waals surface area contributed by atoms with Crippen molar-refractivity contribution in [3.05, 3.63) is 54.1 Å². The molecule has 29 heavy (non-hydrogen) atoms. The van der Waals surface area contributed by atoms with Gasteiger partial charge in [0.2, 0.25) is 0 Å². The second-order valence-corrected chi connectivity index (χ2v) is 7.24. The Bertz CT molecular complexity index is 795. The number of nitrogens with zero attached hydrogens (tertiary/aromatic N) is 2. The summed E-state index contributed by atoms with van der Waals surface area (Å²) in [6.07, 6.45) is 2.94. The Morgan fingerprint density at radius 1 is 1.21 bits per heavy atom. The monoisotopic (exact) mass is 396 g/mol. The highest BCUT2D eigenvalue weighted by atomic mass is 16.5. The molecule has 0 spiro atoms. The van der Waals surface area contributed by atoms with Crippen LogP contribution in [0.1, 0.15) is 25.3 Å². The fraction of sp³-hybridized carbons (Fsp3) is 0.435. The highest BCUT2D eigenvalue weighted by Crippen LogP contribution is 2.29. The van der Waals surface area contributed by atoms with Crippen molar-refractivity contribution in [3.8, 4) is 11.5 Å². The van der Waals surface area contributed by atoms with Crippen molar-refractivity contribution in [1.82, 2.24) is 10.6 Å². The molecule has 3 N–H and O–H groups in total. The number of methoxy groups -OCH3 is 1. The molecule has 0 radical (unpaired) electrons. The molecular weight excluding hydrogens is 364 g/mol. The van der Waals surface area contributed by atoms with Gasteiger partial charge in [0.15, 0.2) is 17.5 Å². The van der Waals surface area contributed by atoms with E-state index in [2.05, 4.69) is 52.8 Å². The van der Waals surface area contributed by atoms with Crippen molar-refractivity contribution < 1.29 is 9.84 Å². The van der Waals surface area contributed by atoms with Gasteiger partial charge in [0.1, 0.15) is 0 Å². The summed E-state index contributed by atoms with van der Waals surface area (Å²) >= 11 is 0. The normalized spacial score (nSPS) is 17.1. The summed E-state index contributed by atoms with van der Waals surface area (Å²) < 4.78 is 5.18. The molecule has 0 saturated carbocycles. The van der Waals surface area contributed by atoms with Gasteiger partial charge < -0.3 is 25.4 Å². The van der Waals surface area contributed by atoms with E-state index in [0.29, 0.717) is 24.8 Å². The molecule has 2 aromatic rings. The number of guanidine groups is 1. The lowest BCUT2D eigenvalue weighted by Gasteiger charge is -2.35. The SMILES string of the molecule is CCNC(=NCCc1cccc(OC)c1O)NC1CCCN(c2ccccc2)C1. The largest absolute Gasteiger partial charge is 0.504 e. The highest BCUT2D eigenvalue weighted by Gasteiger charge is 2.20. The second-order valence-electron chi connectivity index (χ2n) is 7.24. The summed E-state index contributed by atoms with van der Waals surface area (Å²) in [5, 5.41) is 17.2. The van der Waals surface area contributed by atoms with Gasteiger partial charge in [-0.05, 0) is 49.9 Å². The molecule has 1 aliphatic heterocycles. The molecule has 1 fully saturated rings. The van der Waals surface area contributed by atoms with Crippen LogP contribution in [0.15, 0.2) is 53.5 Å². The number of ether oxygens (including phenoxy) is 1. The Kier molecular flexibility index (Phi) is 7.61. The van der Waals surface area contributed by atoms with E-state index in [4.69, 9.17) is 9.73 Å². The van der Waals surface area contributed by atoms with Crippen LogP contribution in [0, 0.1) is 0 Å². The van der Waals surface area contributed by atoms with Crippen molar-refractivity contribution in [3.63, 3.8) is 0 Å². The first-order valence-electron chi connectivity index (χ1n) is 10.4. The van der Waals surface area contributed by atoms with Crippen LogP contribution in [0.4, 0.5) is 5.69 Å². The number of anilines is 1. The molecule has 0 aliphatic carbocycles. The number of nitrogens with one attached hydrogen (secondary N) is 2. The molecule has 3 rings (SSSR count). The van der Waals surface area contributed by atoms with Crippen LogP contribution in [0.25, 0.3) is 0 Å². The van der Waals surface area contributed by atoms with Gasteiger partial charge in [0, 0.05) is 37.9 Å².